The largest absolute Gasteiger partial charge is 1.00 e. The van der Waals surface area contributed by atoms with Crippen LogP contribution in [0.4, 0.5) is 0 Å². The molecule has 3 rings (SSSR count). The minimum Gasteiger partial charge on any atom is -1.00 e. The number of thiophene rings is 1. The Hall–Kier alpha value is -0.900. The van der Waals surface area contributed by atoms with Gasteiger partial charge in [-0.15, -0.1) is 11.3 Å². The summed E-state index contributed by atoms with van der Waals surface area (Å²) >= 11 is 3.21. The number of nitrogens with zero attached hydrogens (tertiary/aromatic N) is 3. The van der Waals surface area contributed by atoms with Crippen molar-refractivity contribution in [2.24, 2.45) is 0 Å². The van der Waals surface area contributed by atoms with Gasteiger partial charge in [0.05, 0.1) is 43.5 Å². The number of thioether (sulfide) groups is 1. The number of aryl methyl sites for hydroxylation is 1. The summed E-state index contributed by atoms with van der Waals surface area (Å²) < 4.78 is 2.80. The van der Waals surface area contributed by atoms with Crippen molar-refractivity contribution in [2.75, 3.05) is 32.4 Å². The molecule has 1 aromatic carbocycles. The van der Waals surface area contributed by atoms with Crippen molar-refractivity contribution in [2.45, 2.75) is 25.9 Å². The number of benzene rings is 1. The zero-order valence-electron chi connectivity index (χ0n) is 16.2. The number of aromatic nitrogens is 2. The maximum absolute atomic E-state index is 13.1. The Kier molecular flexibility index (Phi) is 7.91. The van der Waals surface area contributed by atoms with E-state index in [-0.39, 0.29) is 29.5 Å². The highest BCUT2D eigenvalue weighted by Gasteiger charge is 2.18. The fourth-order valence-corrected chi connectivity index (χ4v) is 4.81. The summed E-state index contributed by atoms with van der Waals surface area (Å²) in [6, 6.07) is 9.95. The summed E-state index contributed by atoms with van der Waals surface area (Å²) in [5, 5.41) is 3.42. The van der Waals surface area contributed by atoms with Crippen LogP contribution < -0.4 is 29.5 Å². The maximum atomic E-state index is 13.1. The highest BCUT2D eigenvalue weighted by atomic mass is 127. The third-order valence-corrected chi connectivity index (χ3v) is 6.87. The molecule has 0 aliphatic carbocycles. The van der Waals surface area contributed by atoms with Crippen LogP contribution in [-0.2, 0) is 0 Å². The van der Waals surface area contributed by atoms with Gasteiger partial charge < -0.3 is 28.5 Å². The van der Waals surface area contributed by atoms with E-state index in [1.54, 1.807) is 16.3 Å². The molecule has 0 spiro atoms. The van der Waals surface area contributed by atoms with Crippen molar-refractivity contribution >= 4 is 33.3 Å². The van der Waals surface area contributed by atoms with E-state index in [2.05, 4.69) is 27.8 Å². The molecule has 0 radical (unpaired) electrons. The first kappa shape index (κ1) is 22.4. The molecule has 3 aromatic rings. The Morgan fingerprint density at radius 3 is 2.44 bits per heavy atom. The second kappa shape index (κ2) is 9.54. The van der Waals surface area contributed by atoms with Gasteiger partial charge in [0.25, 0.3) is 5.56 Å². The second-order valence-electron chi connectivity index (χ2n) is 6.83. The van der Waals surface area contributed by atoms with Gasteiger partial charge in [-0.2, -0.15) is 0 Å². The molecular weight excluding hydrogens is 489 g/mol. The van der Waals surface area contributed by atoms with Crippen LogP contribution in [0.25, 0.3) is 15.9 Å². The number of halogens is 1. The number of hydrogen-bond acceptors (Lipinski definition) is 4. The van der Waals surface area contributed by atoms with Crippen molar-refractivity contribution in [3.8, 4) is 5.69 Å². The van der Waals surface area contributed by atoms with E-state index in [0.717, 1.165) is 45.5 Å². The highest BCUT2D eigenvalue weighted by molar-refractivity contribution is 7.99. The number of fused-ring (bicyclic) bond motifs is 1. The molecule has 0 aliphatic heterocycles. The molecule has 146 valence electrons. The standard InChI is InChI=1S/C20H26N3OS2.HI/c1-5-23(4,6-2)12-14-26-20-21-18-17(11-13-25-18)19(24)22(20)16-9-7-15(3)8-10-16;/h7-11,13H,5-6,12,14H2,1-4H3;1H/q+1;/p-1. The summed E-state index contributed by atoms with van der Waals surface area (Å²) in [6.07, 6.45) is 0. The lowest BCUT2D eigenvalue weighted by molar-refractivity contribution is -0.903. The van der Waals surface area contributed by atoms with E-state index in [4.69, 9.17) is 4.98 Å². The van der Waals surface area contributed by atoms with Crippen LogP contribution in [0, 0.1) is 6.92 Å². The van der Waals surface area contributed by atoms with Crippen LogP contribution in [0.15, 0.2) is 45.7 Å². The van der Waals surface area contributed by atoms with Gasteiger partial charge in [0.15, 0.2) is 5.16 Å². The topological polar surface area (TPSA) is 34.9 Å². The molecule has 4 nitrogen and oxygen atoms in total. The zero-order valence-corrected chi connectivity index (χ0v) is 20.0. The maximum Gasteiger partial charge on any atom is 0.267 e. The Bertz CT molecular complexity index is 946. The predicted molar refractivity (Wildman–Crippen MR) is 113 cm³/mol. The number of hydrogen-bond donors (Lipinski definition) is 0. The minimum atomic E-state index is 0. The molecule has 0 saturated carbocycles. The van der Waals surface area contributed by atoms with Crippen LogP contribution in [0.5, 0.6) is 0 Å². The summed E-state index contributed by atoms with van der Waals surface area (Å²) in [5.74, 6) is 0.938. The third-order valence-electron chi connectivity index (χ3n) is 5.15. The summed E-state index contributed by atoms with van der Waals surface area (Å²) in [5.41, 5.74) is 2.08. The van der Waals surface area contributed by atoms with Crippen LogP contribution in [-0.4, -0.2) is 46.5 Å². The molecule has 0 N–H and O–H groups in total. The van der Waals surface area contributed by atoms with Gasteiger partial charge in [0.2, 0.25) is 0 Å². The normalized spacial score (nSPS) is 11.6. The molecule has 0 atom stereocenters. The van der Waals surface area contributed by atoms with Crippen molar-refractivity contribution in [3.05, 3.63) is 51.6 Å². The van der Waals surface area contributed by atoms with E-state index >= 15 is 0 Å². The lowest BCUT2D eigenvalue weighted by Gasteiger charge is -2.31. The van der Waals surface area contributed by atoms with E-state index in [0.29, 0.717) is 5.39 Å². The Morgan fingerprint density at radius 2 is 1.81 bits per heavy atom. The van der Waals surface area contributed by atoms with E-state index in [1.165, 1.54) is 16.9 Å². The number of rotatable bonds is 7. The SMILES string of the molecule is CC[N+](C)(CC)CCSc1nc2sccc2c(=O)n1-c1ccc(C)cc1.[I-]. The molecule has 27 heavy (non-hydrogen) atoms. The van der Waals surface area contributed by atoms with Crippen LogP contribution in [0.3, 0.4) is 0 Å². The summed E-state index contributed by atoms with van der Waals surface area (Å²) in [7, 11) is 2.28. The Labute approximate surface area is 186 Å². The molecular formula is C20H26IN3OS2. The summed E-state index contributed by atoms with van der Waals surface area (Å²) in [4.78, 5) is 18.7. The molecule has 0 bridgehead atoms. The second-order valence-corrected chi connectivity index (χ2v) is 8.79. The molecule has 0 amide bonds. The molecule has 0 fully saturated rings. The van der Waals surface area contributed by atoms with E-state index in [9.17, 15) is 4.79 Å². The predicted octanol–water partition coefficient (Wildman–Crippen LogP) is 1.34. The van der Waals surface area contributed by atoms with Gasteiger partial charge in [0, 0.05) is 0 Å². The van der Waals surface area contributed by atoms with E-state index < -0.39 is 0 Å². The average Bonchev–Trinajstić information content (AvgIpc) is 3.12. The van der Waals surface area contributed by atoms with Gasteiger partial charge in [-0.25, -0.2) is 4.98 Å². The van der Waals surface area contributed by atoms with Crippen molar-refractivity contribution in [3.63, 3.8) is 0 Å². The Balaban J connectivity index is 0.00000261. The summed E-state index contributed by atoms with van der Waals surface area (Å²) in [6.45, 7) is 9.79. The molecule has 2 heterocycles. The van der Waals surface area contributed by atoms with Crippen molar-refractivity contribution < 1.29 is 28.5 Å². The van der Waals surface area contributed by atoms with E-state index in [1.807, 2.05) is 35.7 Å². The smallest absolute Gasteiger partial charge is 0.267 e. The monoisotopic (exact) mass is 515 g/mol. The molecule has 0 aliphatic rings. The quantitative estimate of drug-likeness (QED) is 0.206. The first-order chi connectivity index (χ1) is 12.5. The first-order valence-corrected chi connectivity index (χ1v) is 10.9. The minimum absolute atomic E-state index is 0. The highest BCUT2D eigenvalue weighted by Crippen LogP contribution is 2.24. The lowest BCUT2D eigenvalue weighted by atomic mass is 10.2. The van der Waals surface area contributed by atoms with Gasteiger partial charge in [-0.1, -0.05) is 29.5 Å². The number of quaternary nitrogens is 1. The fraction of sp³-hybridized carbons (Fsp3) is 0.400. The molecule has 0 unspecified atom stereocenters. The zero-order chi connectivity index (χ0) is 18.7. The molecule has 7 heteroatoms. The van der Waals surface area contributed by atoms with Crippen LogP contribution in [0.1, 0.15) is 19.4 Å². The van der Waals surface area contributed by atoms with Gasteiger partial charge in [0.1, 0.15) is 4.83 Å². The van der Waals surface area contributed by atoms with Gasteiger partial charge >= 0.3 is 0 Å². The van der Waals surface area contributed by atoms with Crippen LogP contribution in [0.2, 0.25) is 0 Å². The van der Waals surface area contributed by atoms with Crippen molar-refractivity contribution in [1.29, 1.82) is 0 Å². The fourth-order valence-electron chi connectivity index (χ4n) is 2.81. The van der Waals surface area contributed by atoms with Gasteiger partial charge in [-0.3, -0.25) is 9.36 Å². The average molecular weight is 515 g/mol. The molecule has 2 aromatic heterocycles. The lowest BCUT2D eigenvalue weighted by Crippen LogP contribution is -3.00. The van der Waals surface area contributed by atoms with Gasteiger partial charge in [-0.05, 0) is 44.4 Å². The van der Waals surface area contributed by atoms with Crippen molar-refractivity contribution in [1.82, 2.24) is 9.55 Å². The molecule has 0 saturated heterocycles. The Morgan fingerprint density at radius 1 is 1.15 bits per heavy atom. The third kappa shape index (κ3) is 4.93. The van der Waals surface area contributed by atoms with Crippen LogP contribution >= 0.6 is 23.1 Å². The first-order valence-electron chi connectivity index (χ1n) is 9.01.